The van der Waals surface area contributed by atoms with Gasteiger partial charge >= 0.3 is 6.18 Å². The number of rotatable bonds is 5. The molecule has 4 nitrogen and oxygen atoms in total. The van der Waals surface area contributed by atoms with Crippen molar-refractivity contribution in [2.24, 2.45) is 4.99 Å². The van der Waals surface area contributed by atoms with Gasteiger partial charge in [0, 0.05) is 31.6 Å². The van der Waals surface area contributed by atoms with Gasteiger partial charge in [-0.1, -0.05) is 58.7 Å². The minimum absolute atomic E-state index is 0.214. The van der Waals surface area contributed by atoms with Crippen molar-refractivity contribution in [2.45, 2.75) is 28.4 Å². The number of nitrogens with one attached hydrogen (secondary N) is 1. The van der Waals surface area contributed by atoms with Crippen LogP contribution in [-0.4, -0.2) is 23.5 Å². The molecule has 172 valence electrons. The molecule has 0 fully saturated rings. The molecule has 0 saturated carbocycles. The normalized spacial score (nSPS) is 16.3. The van der Waals surface area contributed by atoms with Gasteiger partial charge in [-0.15, -0.1) is 0 Å². The molecule has 2 aromatic carbocycles. The highest BCUT2D eigenvalue weighted by molar-refractivity contribution is 7.99. The molecule has 33 heavy (non-hydrogen) atoms. The van der Waals surface area contributed by atoms with Crippen LogP contribution in [0.25, 0.3) is 0 Å². The number of aliphatic imine (C=N–C) groups is 1. The third kappa shape index (κ3) is 6.13. The Kier molecular flexibility index (Phi) is 7.40. The summed E-state index contributed by atoms with van der Waals surface area (Å²) < 4.78 is 39.3. The van der Waals surface area contributed by atoms with Crippen molar-refractivity contribution in [3.8, 4) is 0 Å². The largest absolute Gasteiger partial charge is 0.416 e. The van der Waals surface area contributed by atoms with E-state index in [-0.39, 0.29) is 11.2 Å². The molecule has 0 bridgehead atoms. The highest BCUT2D eigenvalue weighted by Gasteiger charge is 2.30. The number of alkyl halides is 3. The van der Waals surface area contributed by atoms with Crippen LogP contribution >= 0.6 is 46.6 Å². The fourth-order valence-corrected chi connectivity index (χ4v) is 4.77. The molecular formula is C22H15Cl3F3N3OS. The number of halogens is 6. The van der Waals surface area contributed by atoms with Gasteiger partial charge in [0.1, 0.15) is 5.15 Å². The Hall–Kier alpha value is -1.97. The van der Waals surface area contributed by atoms with Crippen LogP contribution in [0.15, 0.2) is 69.5 Å². The number of benzene rings is 2. The van der Waals surface area contributed by atoms with E-state index in [9.17, 15) is 13.2 Å². The zero-order valence-corrected chi connectivity index (χ0v) is 19.8. The summed E-state index contributed by atoms with van der Waals surface area (Å²) in [6.45, 7) is 0.303. The van der Waals surface area contributed by atoms with E-state index in [4.69, 9.17) is 44.6 Å². The van der Waals surface area contributed by atoms with E-state index in [1.807, 2.05) is 6.07 Å². The van der Waals surface area contributed by atoms with Crippen LogP contribution in [0.2, 0.25) is 15.2 Å². The van der Waals surface area contributed by atoms with E-state index in [1.54, 1.807) is 24.3 Å². The molecule has 0 spiro atoms. The van der Waals surface area contributed by atoms with Gasteiger partial charge in [0.15, 0.2) is 5.84 Å². The zero-order chi connectivity index (χ0) is 23.6. The number of nitrogens with zero attached hydrogens (tertiary/aromatic N) is 2. The molecule has 1 aliphatic heterocycles. The van der Waals surface area contributed by atoms with Crippen LogP contribution < -0.4 is 5.48 Å². The van der Waals surface area contributed by atoms with Gasteiger partial charge in [-0.2, -0.15) is 13.2 Å². The molecule has 0 aliphatic carbocycles. The summed E-state index contributed by atoms with van der Waals surface area (Å²) in [7, 11) is 0. The monoisotopic (exact) mass is 531 g/mol. The van der Waals surface area contributed by atoms with Crippen LogP contribution in [-0.2, 0) is 17.4 Å². The van der Waals surface area contributed by atoms with E-state index in [0.717, 1.165) is 29.5 Å². The average molecular weight is 533 g/mol. The van der Waals surface area contributed by atoms with E-state index < -0.39 is 11.7 Å². The Balaban J connectivity index is 1.62. The van der Waals surface area contributed by atoms with Crippen LogP contribution in [0.1, 0.15) is 16.7 Å². The van der Waals surface area contributed by atoms with Crippen molar-refractivity contribution in [3.05, 3.63) is 86.6 Å². The van der Waals surface area contributed by atoms with Gasteiger partial charge in [-0.05, 0) is 48.4 Å². The van der Waals surface area contributed by atoms with Gasteiger partial charge in [-0.3, -0.25) is 9.83 Å². The first-order chi connectivity index (χ1) is 15.7. The SMILES string of the molecule is FC(F)(F)c1cccc(Sc2cnc(Cl)cc2C2=N[C@H](Cc3ccc(Cl)cc3Cl)CON2)c1. The van der Waals surface area contributed by atoms with Crippen molar-refractivity contribution in [1.82, 2.24) is 10.5 Å². The van der Waals surface area contributed by atoms with Gasteiger partial charge in [-0.25, -0.2) is 10.5 Å². The predicted molar refractivity (Wildman–Crippen MR) is 124 cm³/mol. The third-order valence-electron chi connectivity index (χ3n) is 4.71. The molecule has 4 rings (SSSR count). The highest BCUT2D eigenvalue weighted by Crippen LogP contribution is 2.36. The molecule has 1 aromatic heterocycles. The Morgan fingerprint density at radius 1 is 1.09 bits per heavy atom. The maximum atomic E-state index is 13.1. The van der Waals surface area contributed by atoms with Crippen molar-refractivity contribution < 1.29 is 18.0 Å². The number of aromatic nitrogens is 1. The van der Waals surface area contributed by atoms with E-state index in [1.165, 1.54) is 12.3 Å². The molecule has 1 aliphatic rings. The highest BCUT2D eigenvalue weighted by atomic mass is 35.5. The molecule has 0 saturated heterocycles. The first-order valence-electron chi connectivity index (χ1n) is 9.59. The van der Waals surface area contributed by atoms with Crippen LogP contribution in [0.3, 0.4) is 0 Å². The number of hydrogen-bond donors (Lipinski definition) is 1. The van der Waals surface area contributed by atoms with Gasteiger partial charge in [0.2, 0.25) is 0 Å². The maximum absolute atomic E-state index is 13.1. The Labute approximate surface area is 207 Å². The maximum Gasteiger partial charge on any atom is 0.416 e. The lowest BCUT2D eigenvalue weighted by molar-refractivity contribution is -0.137. The topological polar surface area (TPSA) is 46.5 Å². The van der Waals surface area contributed by atoms with Crippen molar-refractivity contribution in [3.63, 3.8) is 0 Å². The fourth-order valence-electron chi connectivity index (χ4n) is 3.17. The summed E-state index contributed by atoms with van der Waals surface area (Å²) in [5, 5.41) is 1.29. The first kappa shape index (κ1) is 24.2. The standard InChI is InChI=1S/C22H15Cl3F3N3OS/c23-14-5-4-12(18(24)8-14)6-15-11-32-31-21(30-15)17-9-20(25)29-10-19(17)33-16-3-1-2-13(7-16)22(26,27)28/h1-5,7-10,15H,6,11H2,(H,30,31)/t15-/m1/s1. The number of amidine groups is 1. The van der Waals surface area contributed by atoms with E-state index >= 15 is 0 Å². The Morgan fingerprint density at radius 3 is 2.67 bits per heavy atom. The lowest BCUT2D eigenvalue weighted by atomic mass is 10.1. The molecule has 0 unspecified atom stereocenters. The average Bonchev–Trinajstić information content (AvgIpc) is 2.77. The molecule has 1 N–H and O–H groups in total. The Morgan fingerprint density at radius 2 is 1.91 bits per heavy atom. The lowest BCUT2D eigenvalue weighted by Gasteiger charge is -2.23. The number of hydroxylamine groups is 1. The van der Waals surface area contributed by atoms with Gasteiger partial charge in [0.05, 0.1) is 18.2 Å². The number of pyridine rings is 1. The van der Waals surface area contributed by atoms with Crippen molar-refractivity contribution in [1.29, 1.82) is 0 Å². The van der Waals surface area contributed by atoms with E-state index in [0.29, 0.717) is 44.3 Å². The summed E-state index contributed by atoms with van der Waals surface area (Å²) in [5.74, 6) is 0.398. The first-order valence-corrected chi connectivity index (χ1v) is 11.5. The second-order valence-corrected chi connectivity index (χ2v) is 9.46. The molecule has 3 aromatic rings. The summed E-state index contributed by atoms with van der Waals surface area (Å²) in [6, 6.07) is 11.6. The Bertz CT molecular complexity index is 1210. The van der Waals surface area contributed by atoms with Gasteiger partial charge in [0.25, 0.3) is 0 Å². The predicted octanol–water partition coefficient (Wildman–Crippen LogP) is 7.10. The zero-order valence-electron chi connectivity index (χ0n) is 16.7. The summed E-state index contributed by atoms with van der Waals surface area (Å²) in [6.07, 6.45) is -2.43. The van der Waals surface area contributed by atoms with Crippen molar-refractivity contribution in [2.75, 3.05) is 6.61 Å². The second-order valence-electron chi connectivity index (χ2n) is 7.12. The number of hydrogen-bond acceptors (Lipinski definition) is 5. The van der Waals surface area contributed by atoms with Crippen LogP contribution in [0, 0.1) is 0 Å². The smallest absolute Gasteiger partial charge is 0.272 e. The molecule has 1 atom stereocenters. The molecule has 2 heterocycles. The summed E-state index contributed by atoms with van der Waals surface area (Å²) in [4.78, 5) is 15.3. The van der Waals surface area contributed by atoms with E-state index in [2.05, 4.69) is 10.5 Å². The third-order valence-corrected chi connectivity index (χ3v) is 6.53. The van der Waals surface area contributed by atoms with Crippen LogP contribution in [0.5, 0.6) is 0 Å². The van der Waals surface area contributed by atoms with Crippen LogP contribution in [0.4, 0.5) is 13.2 Å². The quantitative estimate of drug-likeness (QED) is 0.356. The minimum atomic E-state index is -4.43. The van der Waals surface area contributed by atoms with Crippen molar-refractivity contribution >= 4 is 52.4 Å². The fraction of sp³-hybridized carbons (Fsp3) is 0.182. The summed E-state index contributed by atoms with van der Waals surface area (Å²) >= 11 is 19.5. The van der Waals surface area contributed by atoms with Gasteiger partial charge < -0.3 is 0 Å². The molecule has 11 heteroatoms. The molecule has 0 radical (unpaired) electrons. The molecular weight excluding hydrogens is 518 g/mol. The minimum Gasteiger partial charge on any atom is -0.272 e. The summed E-state index contributed by atoms with van der Waals surface area (Å²) in [5.41, 5.74) is 3.48. The molecule has 0 amide bonds. The second kappa shape index (κ2) is 10.1. The lowest BCUT2D eigenvalue weighted by Crippen LogP contribution is -2.37.